The standard InChI is InChI=1S/C25H24N2O5S/c1-5-32-24(29)21-15(2)26-25-27(22(21)16-10-12-18(30-3)13-11-16)23(28)20(33-25)14-17-8-6-7-9-19(17)31-4/h6-14,22H,5H2,1-4H3/b20-14+/t22-/m1/s1. The zero-order chi connectivity index (χ0) is 23.5. The molecule has 1 atom stereocenters. The van der Waals surface area contributed by atoms with E-state index in [1.807, 2.05) is 36.4 Å². The van der Waals surface area contributed by atoms with Gasteiger partial charge < -0.3 is 14.2 Å². The van der Waals surface area contributed by atoms with Crippen LogP contribution in [0, 0.1) is 0 Å². The zero-order valence-corrected chi connectivity index (χ0v) is 19.6. The van der Waals surface area contributed by atoms with Crippen LogP contribution in [0.4, 0.5) is 0 Å². The first-order valence-corrected chi connectivity index (χ1v) is 11.3. The quantitative estimate of drug-likeness (QED) is 0.524. The number of hydrogen-bond donors (Lipinski definition) is 0. The molecule has 7 nitrogen and oxygen atoms in total. The number of carbonyl (C=O) groups excluding carboxylic acids is 1. The molecule has 0 N–H and O–H groups in total. The minimum absolute atomic E-state index is 0.225. The van der Waals surface area contributed by atoms with E-state index in [4.69, 9.17) is 14.2 Å². The summed E-state index contributed by atoms with van der Waals surface area (Å²) in [7, 11) is 3.18. The summed E-state index contributed by atoms with van der Waals surface area (Å²) >= 11 is 1.27. The van der Waals surface area contributed by atoms with Crippen molar-refractivity contribution in [2.45, 2.75) is 19.9 Å². The normalized spacial score (nSPS) is 15.6. The van der Waals surface area contributed by atoms with Gasteiger partial charge in [-0.05, 0) is 43.7 Å². The number of thiazole rings is 1. The third-order valence-corrected chi connectivity index (χ3v) is 6.36. The van der Waals surface area contributed by atoms with Crippen LogP contribution in [-0.4, -0.2) is 31.4 Å². The van der Waals surface area contributed by atoms with Crippen LogP contribution in [0.5, 0.6) is 11.5 Å². The summed E-state index contributed by atoms with van der Waals surface area (Å²) in [5.41, 5.74) is 2.18. The van der Waals surface area contributed by atoms with Crippen LogP contribution >= 0.6 is 11.3 Å². The molecule has 0 spiro atoms. The molecule has 1 aliphatic rings. The minimum Gasteiger partial charge on any atom is -0.497 e. The van der Waals surface area contributed by atoms with Gasteiger partial charge in [0.2, 0.25) is 0 Å². The molecule has 0 amide bonds. The van der Waals surface area contributed by atoms with Crippen molar-refractivity contribution in [3.63, 3.8) is 0 Å². The van der Waals surface area contributed by atoms with E-state index >= 15 is 0 Å². The Morgan fingerprint density at radius 1 is 1.12 bits per heavy atom. The van der Waals surface area contributed by atoms with Crippen LogP contribution in [0.2, 0.25) is 0 Å². The van der Waals surface area contributed by atoms with Crippen LogP contribution in [0.3, 0.4) is 0 Å². The van der Waals surface area contributed by atoms with Crippen LogP contribution in [0.15, 0.2) is 69.6 Å². The maximum absolute atomic E-state index is 13.6. The first-order chi connectivity index (χ1) is 16.0. The van der Waals surface area contributed by atoms with E-state index < -0.39 is 12.0 Å². The van der Waals surface area contributed by atoms with Crippen LogP contribution in [0.25, 0.3) is 6.08 Å². The molecule has 4 rings (SSSR count). The smallest absolute Gasteiger partial charge is 0.338 e. The second-order valence-corrected chi connectivity index (χ2v) is 8.33. The lowest BCUT2D eigenvalue weighted by molar-refractivity contribution is -0.139. The number of allylic oxidation sites excluding steroid dienone is 1. The Morgan fingerprint density at radius 3 is 2.52 bits per heavy atom. The van der Waals surface area contributed by atoms with Gasteiger partial charge in [0.15, 0.2) is 4.80 Å². The van der Waals surface area contributed by atoms with Gasteiger partial charge in [0.25, 0.3) is 5.56 Å². The van der Waals surface area contributed by atoms with Gasteiger partial charge in [-0.25, -0.2) is 9.79 Å². The lowest BCUT2D eigenvalue weighted by atomic mass is 9.96. The number of nitrogens with zero attached hydrogens (tertiary/aromatic N) is 2. The van der Waals surface area contributed by atoms with E-state index in [0.717, 1.165) is 11.1 Å². The maximum atomic E-state index is 13.6. The molecule has 0 bridgehead atoms. The highest BCUT2D eigenvalue weighted by molar-refractivity contribution is 7.07. The molecule has 0 saturated heterocycles. The fourth-order valence-electron chi connectivity index (χ4n) is 3.82. The molecule has 8 heteroatoms. The zero-order valence-electron chi connectivity index (χ0n) is 18.8. The van der Waals surface area contributed by atoms with Gasteiger partial charge in [-0.15, -0.1) is 0 Å². The lowest BCUT2D eigenvalue weighted by Crippen LogP contribution is -2.39. The van der Waals surface area contributed by atoms with E-state index in [2.05, 4.69) is 4.99 Å². The monoisotopic (exact) mass is 464 g/mol. The predicted molar refractivity (Wildman–Crippen MR) is 126 cm³/mol. The van der Waals surface area contributed by atoms with Crippen LogP contribution in [-0.2, 0) is 9.53 Å². The number of methoxy groups -OCH3 is 2. The molecule has 2 aromatic carbocycles. The molecule has 33 heavy (non-hydrogen) atoms. The Labute approximate surface area is 194 Å². The van der Waals surface area contributed by atoms with Crippen molar-refractivity contribution in [2.24, 2.45) is 4.99 Å². The van der Waals surface area contributed by atoms with Crippen molar-refractivity contribution in [1.29, 1.82) is 0 Å². The van der Waals surface area contributed by atoms with E-state index in [0.29, 0.717) is 32.1 Å². The molecule has 0 saturated carbocycles. The summed E-state index contributed by atoms with van der Waals surface area (Å²) < 4.78 is 18.1. The molecule has 0 radical (unpaired) electrons. The number of aromatic nitrogens is 1. The van der Waals surface area contributed by atoms with Crippen molar-refractivity contribution < 1.29 is 19.0 Å². The van der Waals surface area contributed by atoms with Gasteiger partial charge in [-0.2, -0.15) is 0 Å². The Balaban J connectivity index is 1.95. The Kier molecular flexibility index (Phi) is 6.46. The van der Waals surface area contributed by atoms with Crippen molar-refractivity contribution in [3.05, 3.63) is 90.6 Å². The van der Waals surface area contributed by atoms with Gasteiger partial charge in [0.1, 0.15) is 11.5 Å². The minimum atomic E-state index is -0.661. The average Bonchev–Trinajstić information content (AvgIpc) is 3.13. The first-order valence-electron chi connectivity index (χ1n) is 10.4. The summed E-state index contributed by atoms with van der Waals surface area (Å²) in [4.78, 5) is 31.6. The number of benzene rings is 2. The third kappa shape index (κ3) is 4.21. The summed E-state index contributed by atoms with van der Waals surface area (Å²) in [6, 6.07) is 14.1. The Morgan fingerprint density at radius 2 is 1.85 bits per heavy atom. The molecular weight excluding hydrogens is 440 g/mol. The highest BCUT2D eigenvalue weighted by Crippen LogP contribution is 2.31. The summed E-state index contributed by atoms with van der Waals surface area (Å²) in [6.07, 6.45) is 1.79. The van der Waals surface area contributed by atoms with E-state index in [1.165, 1.54) is 11.3 Å². The molecule has 0 aliphatic carbocycles. The van der Waals surface area contributed by atoms with Crippen molar-refractivity contribution in [3.8, 4) is 11.5 Å². The fourth-order valence-corrected chi connectivity index (χ4v) is 4.86. The Bertz CT molecular complexity index is 1400. The number of carbonyl (C=O) groups is 1. The number of fused-ring (bicyclic) bond motifs is 1. The van der Waals surface area contributed by atoms with Gasteiger partial charge in [0, 0.05) is 5.56 Å². The topological polar surface area (TPSA) is 79.1 Å². The second-order valence-electron chi connectivity index (χ2n) is 7.32. The average molecular weight is 465 g/mol. The largest absolute Gasteiger partial charge is 0.497 e. The number of hydrogen-bond acceptors (Lipinski definition) is 7. The number of ether oxygens (including phenoxy) is 3. The molecule has 3 aromatic rings. The maximum Gasteiger partial charge on any atom is 0.338 e. The SMILES string of the molecule is CCOC(=O)C1=C(C)N=c2s/c(=C/c3ccccc3OC)c(=O)n2[C@@H]1c1ccc(OC)cc1. The van der Waals surface area contributed by atoms with E-state index in [1.54, 1.807) is 50.8 Å². The van der Waals surface area contributed by atoms with Crippen molar-refractivity contribution >= 4 is 23.4 Å². The molecule has 2 heterocycles. The highest BCUT2D eigenvalue weighted by atomic mass is 32.1. The number of esters is 1. The second kappa shape index (κ2) is 9.46. The molecule has 170 valence electrons. The van der Waals surface area contributed by atoms with Crippen molar-refractivity contribution in [2.75, 3.05) is 20.8 Å². The molecule has 0 unspecified atom stereocenters. The first kappa shape index (κ1) is 22.5. The predicted octanol–water partition coefficient (Wildman–Crippen LogP) is 2.82. The highest BCUT2D eigenvalue weighted by Gasteiger charge is 2.33. The lowest BCUT2D eigenvalue weighted by Gasteiger charge is -2.24. The number of para-hydroxylation sites is 1. The Hall–Kier alpha value is -3.65. The molecular formula is C25H24N2O5S. The fraction of sp³-hybridized carbons (Fsp3) is 0.240. The van der Waals surface area contributed by atoms with E-state index in [-0.39, 0.29) is 12.2 Å². The van der Waals surface area contributed by atoms with Crippen LogP contribution < -0.4 is 24.4 Å². The van der Waals surface area contributed by atoms with Gasteiger partial charge in [-0.3, -0.25) is 9.36 Å². The molecule has 1 aliphatic heterocycles. The van der Waals surface area contributed by atoms with E-state index in [9.17, 15) is 9.59 Å². The van der Waals surface area contributed by atoms with Gasteiger partial charge in [0.05, 0.1) is 42.7 Å². The summed E-state index contributed by atoms with van der Waals surface area (Å²) in [5, 5.41) is 0. The third-order valence-electron chi connectivity index (χ3n) is 5.37. The summed E-state index contributed by atoms with van der Waals surface area (Å²) in [5.74, 6) is 0.859. The molecule has 1 aromatic heterocycles. The molecule has 0 fully saturated rings. The van der Waals surface area contributed by atoms with Crippen molar-refractivity contribution in [1.82, 2.24) is 4.57 Å². The number of rotatable bonds is 6. The van der Waals surface area contributed by atoms with Gasteiger partial charge >= 0.3 is 5.97 Å². The van der Waals surface area contributed by atoms with Crippen LogP contribution in [0.1, 0.15) is 31.0 Å². The van der Waals surface area contributed by atoms with Gasteiger partial charge in [-0.1, -0.05) is 41.7 Å². The summed E-state index contributed by atoms with van der Waals surface area (Å²) in [6.45, 7) is 3.74.